The monoisotopic (exact) mass is 341 g/mol. The van der Waals surface area contributed by atoms with Gasteiger partial charge in [-0.3, -0.25) is 9.59 Å². The van der Waals surface area contributed by atoms with Crippen LogP contribution in [0.2, 0.25) is 0 Å². The molecule has 0 aliphatic heterocycles. The summed E-state index contributed by atoms with van der Waals surface area (Å²) in [5.74, 6) is -0.219. The number of hydrogen-bond acceptors (Lipinski definition) is 4. The van der Waals surface area contributed by atoms with Gasteiger partial charge in [0, 0.05) is 11.3 Å². The van der Waals surface area contributed by atoms with Crippen molar-refractivity contribution in [2.45, 2.75) is 33.3 Å². The smallest absolute Gasteiger partial charge is 0.311 e. The van der Waals surface area contributed by atoms with Crippen LogP contribution in [-0.4, -0.2) is 25.1 Å². The number of carbonyl (C=O) groups excluding carboxylic acids is 2. The highest BCUT2D eigenvalue weighted by molar-refractivity contribution is 5.95. The summed E-state index contributed by atoms with van der Waals surface area (Å²) >= 11 is 0. The van der Waals surface area contributed by atoms with E-state index in [1.165, 1.54) is 0 Å². The zero-order chi connectivity index (χ0) is 18.4. The van der Waals surface area contributed by atoms with Crippen LogP contribution in [0.3, 0.4) is 0 Å². The second-order valence-electron chi connectivity index (χ2n) is 5.98. The molecule has 5 nitrogen and oxygen atoms in total. The first-order chi connectivity index (χ1) is 11.9. The summed E-state index contributed by atoms with van der Waals surface area (Å²) in [5, 5.41) is 2.73. The minimum Gasteiger partial charge on any atom is -0.496 e. The van der Waals surface area contributed by atoms with Gasteiger partial charge in [-0.25, -0.2) is 0 Å². The Bertz CT molecular complexity index is 753. The molecule has 0 saturated carbocycles. The number of carbonyl (C=O) groups is 2. The third-order valence-corrected chi connectivity index (χ3v) is 3.77. The van der Waals surface area contributed by atoms with E-state index >= 15 is 0 Å². The van der Waals surface area contributed by atoms with Gasteiger partial charge in [-0.1, -0.05) is 35.4 Å². The van der Waals surface area contributed by atoms with Gasteiger partial charge in [0.15, 0.2) is 6.10 Å². The Morgan fingerprint density at radius 1 is 1.04 bits per heavy atom. The molecule has 1 amide bonds. The Kier molecular flexibility index (Phi) is 6.17. The molecule has 0 saturated heterocycles. The van der Waals surface area contributed by atoms with Gasteiger partial charge in [-0.15, -0.1) is 0 Å². The van der Waals surface area contributed by atoms with Crippen molar-refractivity contribution in [2.24, 2.45) is 0 Å². The van der Waals surface area contributed by atoms with Crippen LogP contribution in [0.5, 0.6) is 5.75 Å². The van der Waals surface area contributed by atoms with E-state index < -0.39 is 12.1 Å². The minimum absolute atomic E-state index is 0.0486. The lowest BCUT2D eigenvalue weighted by atomic mass is 10.1. The SMILES string of the molecule is COc1ccc(C)cc1CC(=O)O[C@@H](C)C(=O)Nc1ccc(C)cc1. The van der Waals surface area contributed by atoms with E-state index in [4.69, 9.17) is 9.47 Å². The first-order valence-electron chi connectivity index (χ1n) is 8.09. The van der Waals surface area contributed by atoms with E-state index in [-0.39, 0.29) is 12.3 Å². The van der Waals surface area contributed by atoms with Crippen molar-refractivity contribution >= 4 is 17.6 Å². The van der Waals surface area contributed by atoms with Crippen LogP contribution >= 0.6 is 0 Å². The topological polar surface area (TPSA) is 64.6 Å². The van der Waals surface area contributed by atoms with Crippen LogP contribution in [0.15, 0.2) is 42.5 Å². The van der Waals surface area contributed by atoms with Crippen molar-refractivity contribution < 1.29 is 19.1 Å². The van der Waals surface area contributed by atoms with E-state index in [0.29, 0.717) is 11.4 Å². The molecule has 0 bridgehead atoms. The summed E-state index contributed by atoms with van der Waals surface area (Å²) in [7, 11) is 1.55. The fourth-order valence-electron chi connectivity index (χ4n) is 2.37. The summed E-state index contributed by atoms with van der Waals surface area (Å²) in [5.41, 5.74) is 3.52. The number of methoxy groups -OCH3 is 1. The molecule has 0 heterocycles. The molecule has 25 heavy (non-hydrogen) atoms. The zero-order valence-electron chi connectivity index (χ0n) is 15.0. The van der Waals surface area contributed by atoms with Gasteiger partial charge in [0.05, 0.1) is 13.5 Å². The summed E-state index contributed by atoms with van der Waals surface area (Å²) < 4.78 is 10.5. The lowest BCUT2D eigenvalue weighted by Gasteiger charge is -2.15. The highest BCUT2D eigenvalue weighted by Gasteiger charge is 2.19. The average Bonchev–Trinajstić information content (AvgIpc) is 2.57. The van der Waals surface area contributed by atoms with Gasteiger partial charge in [-0.05, 0) is 39.0 Å². The summed E-state index contributed by atoms with van der Waals surface area (Å²) in [4.78, 5) is 24.3. The van der Waals surface area contributed by atoms with Crippen LogP contribution in [0.1, 0.15) is 23.6 Å². The van der Waals surface area contributed by atoms with Gasteiger partial charge in [-0.2, -0.15) is 0 Å². The molecule has 5 heteroatoms. The highest BCUT2D eigenvalue weighted by atomic mass is 16.5. The maximum Gasteiger partial charge on any atom is 0.311 e. The molecule has 0 fully saturated rings. The number of esters is 1. The normalized spacial score (nSPS) is 11.5. The molecule has 0 unspecified atom stereocenters. The summed E-state index contributed by atoms with van der Waals surface area (Å²) in [6.07, 6.45) is -0.836. The molecule has 0 radical (unpaired) electrons. The van der Waals surface area contributed by atoms with Crippen molar-refractivity contribution in [1.82, 2.24) is 0 Å². The van der Waals surface area contributed by atoms with Crippen LogP contribution in [-0.2, 0) is 20.7 Å². The Labute approximate surface area is 148 Å². The fraction of sp³-hybridized carbons (Fsp3) is 0.300. The number of aryl methyl sites for hydroxylation is 2. The Morgan fingerprint density at radius 2 is 1.68 bits per heavy atom. The van der Waals surface area contributed by atoms with Gasteiger partial charge < -0.3 is 14.8 Å². The molecule has 0 aromatic heterocycles. The lowest BCUT2D eigenvalue weighted by molar-refractivity contribution is -0.152. The predicted molar refractivity (Wildman–Crippen MR) is 96.8 cm³/mol. The molecule has 2 rings (SSSR count). The van der Waals surface area contributed by atoms with E-state index in [1.807, 2.05) is 44.2 Å². The Morgan fingerprint density at radius 3 is 2.32 bits per heavy atom. The Hall–Kier alpha value is -2.82. The third-order valence-electron chi connectivity index (χ3n) is 3.77. The summed E-state index contributed by atoms with van der Waals surface area (Å²) in [6.45, 7) is 5.45. The van der Waals surface area contributed by atoms with Crippen molar-refractivity contribution in [3.63, 3.8) is 0 Å². The van der Waals surface area contributed by atoms with E-state index in [0.717, 1.165) is 16.7 Å². The van der Waals surface area contributed by atoms with Crippen LogP contribution in [0, 0.1) is 13.8 Å². The average molecular weight is 341 g/mol. The maximum absolute atomic E-state index is 12.1. The molecule has 2 aromatic carbocycles. The minimum atomic E-state index is -0.885. The lowest BCUT2D eigenvalue weighted by Crippen LogP contribution is -2.30. The number of hydrogen-bond donors (Lipinski definition) is 1. The number of nitrogens with one attached hydrogen (secondary N) is 1. The summed E-state index contributed by atoms with van der Waals surface area (Å²) in [6, 6.07) is 13.0. The van der Waals surface area contributed by atoms with Crippen molar-refractivity contribution in [1.29, 1.82) is 0 Å². The highest BCUT2D eigenvalue weighted by Crippen LogP contribution is 2.20. The number of benzene rings is 2. The molecule has 0 spiro atoms. The maximum atomic E-state index is 12.1. The molecule has 1 N–H and O–H groups in total. The van der Waals surface area contributed by atoms with E-state index in [2.05, 4.69) is 5.32 Å². The van der Waals surface area contributed by atoms with Crippen LogP contribution < -0.4 is 10.1 Å². The second kappa shape index (κ2) is 8.33. The molecule has 1 atom stereocenters. The van der Waals surface area contributed by atoms with Gasteiger partial charge in [0.2, 0.25) is 0 Å². The van der Waals surface area contributed by atoms with Crippen molar-refractivity contribution in [3.05, 3.63) is 59.2 Å². The fourth-order valence-corrected chi connectivity index (χ4v) is 2.37. The van der Waals surface area contributed by atoms with Gasteiger partial charge in [0.1, 0.15) is 5.75 Å². The van der Waals surface area contributed by atoms with Crippen LogP contribution in [0.25, 0.3) is 0 Å². The molecule has 2 aromatic rings. The quantitative estimate of drug-likeness (QED) is 0.818. The van der Waals surface area contributed by atoms with Gasteiger partial charge >= 0.3 is 5.97 Å². The largest absolute Gasteiger partial charge is 0.496 e. The van der Waals surface area contributed by atoms with Gasteiger partial charge in [0.25, 0.3) is 5.91 Å². The molecular weight excluding hydrogens is 318 g/mol. The van der Waals surface area contributed by atoms with Crippen molar-refractivity contribution in [2.75, 3.05) is 12.4 Å². The molecular formula is C20H23NO4. The zero-order valence-corrected chi connectivity index (χ0v) is 15.0. The number of anilines is 1. The number of ether oxygens (including phenoxy) is 2. The third kappa shape index (κ3) is 5.35. The first kappa shape index (κ1) is 18.5. The molecule has 0 aliphatic carbocycles. The van der Waals surface area contributed by atoms with E-state index in [9.17, 15) is 9.59 Å². The molecule has 0 aliphatic rings. The Balaban J connectivity index is 1.94. The molecule has 132 valence electrons. The predicted octanol–water partition coefficient (Wildman–Crippen LogP) is 3.42. The van der Waals surface area contributed by atoms with Crippen molar-refractivity contribution in [3.8, 4) is 5.75 Å². The standard InChI is InChI=1S/C20H23NO4/c1-13-5-8-17(9-6-13)21-20(23)15(3)25-19(22)12-16-11-14(2)7-10-18(16)24-4/h5-11,15H,12H2,1-4H3,(H,21,23)/t15-/m0/s1. The van der Waals surface area contributed by atoms with E-state index in [1.54, 1.807) is 26.2 Å². The number of rotatable bonds is 6. The van der Waals surface area contributed by atoms with Crippen LogP contribution in [0.4, 0.5) is 5.69 Å². The first-order valence-corrected chi connectivity index (χ1v) is 8.09. The number of amides is 1. The second-order valence-corrected chi connectivity index (χ2v) is 5.98.